The lowest BCUT2D eigenvalue weighted by Gasteiger charge is -2.23. The highest BCUT2D eigenvalue weighted by atomic mass is 32.2. The number of nitrogens with one attached hydrogen (secondary N) is 2. The molecule has 2 unspecified atom stereocenters. The van der Waals surface area contributed by atoms with Gasteiger partial charge in [0.15, 0.2) is 17.2 Å². The summed E-state index contributed by atoms with van der Waals surface area (Å²) in [5.41, 5.74) is 0.0880. The fourth-order valence-electron chi connectivity index (χ4n) is 7.25. The molecule has 11 nitrogen and oxygen atoms in total. The Labute approximate surface area is 298 Å². The fraction of sp³-hybridized carbons (Fsp3) is 0.303. The molecule has 4 heterocycles. The van der Waals surface area contributed by atoms with Crippen molar-refractivity contribution >= 4 is 54.3 Å². The molecule has 2 N–H and O–H groups in total. The van der Waals surface area contributed by atoms with Crippen LogP contribution in [0.25, 0.3) is 32.4 Å². The molecule has 1 saturated carbocycles. The lowest BCUT2D eigenvalue weighted by atomic mass is 9.94. The molecule has 276 valence electrons. The van der Waals surface area contributed by atoms with Crippen molar-refractivity contribution in [1.29, 1.82) is 0 Å². The third-order valence-corrected chi connectivity index (χ3v) is 10.6. The molecule has 0 spiro atoms. The van der Waals surface area contributed by atoms with E-state index in [0.29, 0.717) is 37.5 Å². The Balaban J connectivity index is 1.25. The number of carbonyl (C=O) groups is 1. The van der Waals surface area contributed by atoms with Gasteiger partial charge in [0.1, 0.15) is 23.9 Å². The smallest absolute Gasteiger partial charge is 0.346 e. The molecule has 1 amide bonds. The van der Waals surface area contributed by atoms with Crippen LogP contribution in [0.4, 0.5) is 36.6 Å². The molecule has 0 saturated heterocycles. The number of pyridine rings is 1. The minimum Gasteiger partial charge on any atom is -0.346 e. The number of halogens is 7. The quantitative estimate of drug-likeness (QED) is 0.162. The number of alkyl halides is 5. The average Bonchev–Trinajstić information content (AvgIpc) is 3.28. The van der Waals surface area contributed by atoms with Crippen LogP contribution in [0.15, 0.2) is 48.0 Å². The molecule has 20 heteroatoms. The van der Waals surface area contributed by atoms with E-state index in [1.807, 2.05) is 0 Å². The number of benzene rings is 2. The zero-order valence-electron chi connectivity index (χ0n) is 27.3. The van der Waals surface area contributed by atoms with Crippen molar-refractivity contribution < 1.29 is 43.9 Å². The number of aromatic nitrogens is 6. The molecule has 6 aromatic rings. The normalized spacial score (nSPS) is 18.3. The highest BCUT2D eigenvalue weighted by molar-refractivity contribution is 7.92. The maximum absolute atomic E-state index is 15.3. The standard InChI is InChI=1S/C33H25F7N8O3S2/c1-47-27-17(4-3-5-18(27)30(45-47)46-53(2,50)51)19-11-23-31(41-13-52-23)43-26(19)22(8-14-6-15(34)9-16(35)7-14)42-24(49)12-48-29-25(28(44-48)33(38,39)40)20-10-21(20)32(29,36)37/h3-7,9,11,13,20-22H,8,10,12H2,1-2H3,(H,42,49)(H,45,46)/t20?,21-,22?/m1/s1. The summed E-state index contributed by atoms with van der Waals surface area (Å²) in [5.74, 6) is -8.85. The number of thiazole rings is 1. The summed E-state index contributed by atoms with van der Waals surface area (Å²) in [5, 5.41) is 10.8. The maximum atomic E-state index is 15.3. The molecule has 4 aromatic heterocycles. The van der Waals surface area contributed by atoms with Crippen LogP contribution in [-0.2, 0) is 46.9 Å². The Hall–Kier alpha value is -5.11. The summed E-state index contributed by atoms with van der Waals surface area (Å²) in [6.45, 7) is -1.03. The molecule has 1 fully saturated rings. The van der Waals surface area contributed by atoms with Gasteiger partial charge in [-0.25, -0.2) is 27.2 Å². The molecular weight excluding hydrogens is 754 g/mol. The Morgan fingerprint density at radius 1 is 1.09 bits per heavy atom. The van der Waals surface area contributed by atoms with E-state index in [1.165, 1.54) is 21.5 Å². The van der Waals surface area contributed by atoms with Crippen molar-refractivity contribution in [3.8, 4) is 11.1 Å². The summed E-state index contributed by atoms with van der Waals surface area (Å²) in [6, 6.07) is 8.06. The number of hydrogen-bond acceptors (Lipinski definition) is 8. The van der Waals surface area contributed by atoms with E-state index >= 15 is 8.78 Å². The predicted octanol–water partition coefficient (Wildman–Crippen LogP) is 6.42. The topological polar surface area (TPSA) is 137 Å². The van der Waals surface area contributed by atoms with Gasteiger partial charge in [0.25, 0.3) is 5.92 Å². The van der Waals surface area contributed by atoms with Crippen molar-refractivity contribution in [2.45, 2.75) is 43.4 Å². The summed E-state index contributed by atoms with van der Waals surface area (Å²) in [6.07, 6.45) is -4.53. The number of sulfonamides is 1. The third kappa shape index (κ3) is 6.16. The van der Waals surface area contributed by atoms with Crippen LogP contribution < -0.4 is 10.0 Å². The van der Waals surface area contributed by atoms with Crippen molar-refractivity contribution in [2.24, 2.45) is 13.0 Å². The molecule has 0 bridgehead atoms. The van der Waals surface area contributed by atoms with Gasteiger partial charge in [-0.15, -0.1) is 11.3 Å². The van der Waals surface area contributed by atoms with Gasteiger partial charge in [-0.1, -0.05) is 12.1 Å². The van der Waals surface area contributed by atoms with E-state index in [4.69, 9.17) is 4.98 Å². The van der Waals surface area contributed by atoms with Gasteiger partial charge >= 0.3 is 6.18 Å². The Morgan fingerprint density at radius 2 is 1.83 bits per heavy atom. The molecule has 8 rings (SSSR count). The third-order valence-electron chi connectivity index (χ3n) is 9.31. The second-order valence-electron chi connectivity index (χ2n) is 13.1. The molecule has 2 aliphatic carbocycles. The number of nitrogens with zero attached hydrogens (tertiary/aromatic N) is 6. The predicted molar refractivity (Wildman–Crippen MR) is 179 cm³/mol. The van der Waals surface area contributed by atoms with E-state index in [1.54, 1.807) is 31.3 Å². The zero-order valence-corrected chi connectivity index (χ0v) is 29.0. The van der Waals surface area contributed by atoms with E-state index in [-0.39, 0.29) is 35.6 Å². The van der Waals surface area contributed by atoms with Gasteiger partial charge in [-0.2, -0.15) is 32.1 Å². The van der Waals surface area contributed by atoms with Crippen LogP contribution in [0.3, 0.4) is 0 Å². The number of amides is 1. The first-order chi connectivity index (χ1) is 24.9. The van der Waals surface area contributed by atoms with Crippen molar-refractivity contribution in [1.82, 2.24) is 34.8 Å². The van der Waals surface area contributed by atoms with Crippen LogP contribution in [-0.4, -0.2) is 50.1 Å². The monoisotopic (exact) mass is 778 g/mol. The number of fused-ring (bicyclic) bond motifs is 5. The minimum absolute atomic E-state index is 0.0275. The van der Waals surface area contributed by atoms with Gasteiger partial charge in [-0.3, -0.25) is 18.9 Å². The maximum Gasteiger partial charge on any atom is 0.435 e. The highest BCUT2D eigenvalue weighted by Gasteiger charge is 2.68. The fourth-order valence-corrected chi connectivity index (χ4v) is 8.41. The minimum atomic E-state index is -5.05. The van der Waals surface area contributed by atoms with Crippen LogP contribution in [0.1, 0.15) is 46.6 Å². The van der Waals surface area contributed by atoms with E-state index in [9.17, 15) is 35.2 Å². The van der Waals surface area contributed by atoms with Gasteiger partial charge in [-0.05, 0) is 48.6 Å². The largest absolute Gasteiger partial charge is 0.435 e. The number of para-hydroxylation sites is 1. The molecule has 53 heavy (non-hydrogen) atoms. The average molecular weight is 779 g/mol. The number of aryl methyl sites for hydroxylation is 1. The number of anilines is 1. The zero-order chi connectivity index (χ0) is 37.8. The highest BCUT2D eigenvalue weighted by Crippen LogP contribution is 2.68. The lowest BCUT2D eigenvalue weighted by molar-refractivity contribution is -0.142. The summed E-state index contributed by atoms with van der Waals surface area (Å²) in [4.78, 5) is 22.8. The Bertz CT molecular complexity index is 2580. The molecular formula is C33H25F7N8O3S2. The second kappa shape index (κ2) is 12.0. The van der Waals surface area contributed by atoms with Gasteiger partial charge in [0.2, 0.25) is 15.9 Å². The summed E-state index contributed by atoms with van der Waals surface area (Å²) in [7, 11) is -2.17. The summed E-state index contributed by atoms with van der Waals surface area (Å²) < 4.78 is 130. The van der Waals surface area contributed by atoms with Crippen molar-refractivity contribution in [3.63, 3.8) is 0 Å². The van der Waals surface area contributed by atoms with Crippen molar-refractivity contribution in [2.75, 3.05) is 11.0 Å². The van der Waals surface area contributed by atoms with E-state index < -0.39 is 81.0 Å². The molecule has 0 aliphatic heterocycles. The van der Waals surface area contributed by atoms with Gasteiger partial charge in [0.05, 0.1) is 33.7 Å². The first-order valence-corrected chi connectivity index (χ1v) is 18.6. The van der Waals surface area contributed by atoms with Gasteiger partial charge in [0, 0.05) is 41.1 Å². The van der Waals surface area contributed by atoms with Crippen LogP contribution >= 0.6 is 11.3 Å². The first-order valence-electron chi connectivity index (χ1n) is 15.9. The van der Waals surface area contributed by atoms with Crippen LogP contribution in [0.2, 0.25) is 0 Å². The van der Waals surface area contributed by atoms with E-state index in [0.717, 1.165) is 18.4 Å². The van der Waals surface area contributed by atoms with Crippen molar-refractivity contribution in [3.05, 3.63) is 87.8 Å². The van der Waals surface area contributed by atoms with Gasteiger partial charge < -0.3 is 5.32 Å². The Morgan fingerprint density at radius 3 is 2.53 bits per heavy atom. The molecule has 2 aromatic carbocycles. The summed E-state index contributed by atoms with van der Waals surface area (Å²) >= 11 is 1.23. The molecule has 0 radical (unpaired) electrons. The number of carbonyl (C=O) groups excluding carboxylic acids is 1. The first kappa shape index (κ1) is 34.9. The lowest BCUT2D eigenvalue weighted by Crippen LogP contribution is -2.35. The van der Waals surface area contributed by atoms with Crippen LogP contribution in [0, 0.1) is 17.6 Å². The number of rotatable bonds is 9. The SMILES string of the molecule is Cn1nc(NS(C)(=O)=O)c2cccc(-c3cc4scnc4nc3C(Cc3cc(F)cc(F)c3)NC(=O)Cn3nc(C(F)(F)F)c4c3C(F)(F)[C@@H]3CC43)c21. The second-order valence-corrected chi connectivity index (χ2v) is 15.7. The molecule has 3 atom stereocenters. The van der Waals surface area contributed by atoms with Crippen LogP contribution in [0.5, 0.6) is 0 Å². The Kier molecular flexibility index (Phi) is 7.88. The number of hydrogen-bond donors (Lipinski definition) is 2. The molecule has 2 aliphatic rings. The van der Waals surface area contributed by atoms with E-state index in [2.05, 4.69) is 25.2 Å².